The number of carboxylic acid groups (broad SMARTS) is 1. The molecule has 0 radical (unpaired) electrons. The zero-order chi connectivity index (χ0) is 37.3. The van der Waals surface area contributed by atoms with Crippen molar-refractivity contribution in [1.29, 1.82) is 0 Å². The molecule has 0 bridgehead atoms. The number of hydrogen-bond donors (Lipinski definition) is 6. The molecule has 49 heavy (non-hydrogen) atoms. The van der Waals surface area contributed by atoms with E-state index in [4.69, 9.17) is 9.29 Å². The molecule has 0 heterocycles. The molecule has 25 heteroatoms. The summed E-state index contributed by atoms with van der Waals surface area (Å²) in [5, 5.41) is 45.3. The summed E-state index contributed by atoms with van der Waals surface area (Å²) in [6, 6.07) is 3.77. The van der Waals surface area contributed by atoms with Crippen molar-refractivity contribution in [3.05, 3.63) is 47.0 Å². The van der Waals surface area contributed by atoms with Crippen LogP contribution in [-0.2, 0) is 44.7 Å². The van der Waals surface area contributed by atoms with Crippen molar-refractivity contribution in [2.24, 2.45) is 20.5 Å². The highest BCUT2D eigenvalue weighted by Gasteiger charge is 2.26. The Morgan fingerprint density at radius 2 is 1.27 bits per heavy atom. The Kier molecular flexibility index (Phi) is 11.2. The van der Waals surface area contributed by atoms with Gasteiger partial charge in [0.15, 0.2) is 21.3 Å². The third-order valence-electron chi connectivity index (χ3n) is 6.18. The molecular weight excluding hydrogens is 745 g/mol. The first kappa shape index (κ1) is 38.8. The van der Waals surface area contributed by atoms with E-state index in [1.54, 1.807) is 0 Å². The molecular formula is C24H24N4O17S4. The number of nitrogens with zero attached hydrogens (tertiary/aromatic N) is 4. The Morgan fingerprint density at radius 1 is 0.714 bits per heavy atom. The SMILES string of the molecule is COc1cc(S(=O)(=O)CCOS(=O)(=O)O)c(C)cc1N=Nc1c(C(=O)O)cc(O)c(N=Nc2cc(S(=O)(=O)O)c(C)cc2S(=O)(=O)O)c1O. The van der Waals surface area contributed by atoms with Crippen LogP contribution in [0.2, 0.25) is 0 Å². The summed E-state index contributed by atoms with van der Waals surface area (Å²) < 4.78 is 131. The Morgan fingerprint density at radius 3 is 1.80 bits per heavy atom. The quantitative estimate of drug-likeness (QED) is 0.107. The van der Waals surface area contributed by atoms with Crippen molar-refractivity contribution in [1.82, 2.24) is 0 Å². The fourth-order valence-electron chi connectivity index (χ4n) is 4.01. The third-order valence-corrected chi connectivity index (χ3v) is 10.3. The smallest absolute Gasteiger partial charge is 0.397 e. The number of carboxylic acids is 1. The average molecular weight is 769 g/mol. The molecule has 3 aromatic carbocycles. The van der Waals surface area contributed by atoms with Crippen LogP contribution in [0, 0.1) is 13.8 Å². The molecule has 0 unspecified atom stereocenters. The summed E-state index contributed by atoms with van der Waals surface area (Å²) in [4.78, 5) is 9.71. The predicted molar refractivity (Wildman–Crippen MR) is 163 cm³/mol. The monoisotopic (exact) mass is 768 g/mol. The first-order valence-electron chi connectivity index (χ1n) is 12.7. The van der Waals surface area contributed by atoms with Gasteiger partial charge in [-0.25, -0.2) is 17.4 Å². The van der Waals surface area contributed by atoms with Crippen LogP contribution in [0.1, 0.15) is 21.5 Å². The van der Waals surface area contributed by atoms with E-state index >= 15 is 0 Å². The molecule has 0 atom stereocenters. The van der Waals surface area contributed by atoms with Crippen molar-refractivity contribution in [3.8, 4) is 17.2 Å². The topological polar surface area (TPSA) is 343 Å². The van der Waals surface area contributed by atoms with Crippen molar-refractivity contribution in [2.45, 2.75) is 28.5 Å². The first-order chi connectivity index (χ1) is 22.4. The van der Waals surface area contributed by atoms with Gasteiger partial charge in [0.2, 0.25) is 0 Å². The zero-order valence-corrected chi connectivity index (χ0v) is 28.2. The number of phenols is 2. The normalized spacial score (nSPS) is 12.9. The molecule has 0 aliphatic heterocycles. The number of aryl methyl sites for hydroxylation is 2. The minimum absolute atomic E-state index is 0.00137. The highest BCUT2D eigenvalue weighted by molar-refractivity contribution is 7.91. The number of carbonyl (C=O) groups is 1. The van der Waals surface area contributed by atoms with Crippen LogP contribution in [0.4, 0.5) is 22.7 Å². The zero-order valence-electron chi connectivity index (χ0n) is 24.9. The van der Waals surface area contributed by atoms with Gasteiger partial charge in [0.05, 0.1) is 34.8 Å². The van der Waals surface area contributed by atoms with E-state index < -0.39 is 103 Å². The van der Waals surface area contributed by atoms with E-state index in [9.17, 15) is 62.9 Å². The molecule has 0 aliphatic rings. The molecule has 0 fully saturated rings. The maximum atomic E-state index is 12.8. The van der Waals surface area contributed by atoms with Crippen molar-refractivity contribution >= 4 is 69.2 Å². The lowest BCUT2D eigenvalue weighted by molar-refractivity contribution is 0.0696. The third kappa shape index (κ3) is 9.29. The van der Waals surface area contributed by atoms with Gasteiger partial charge in [-0.15, -0.1) is 20.5 Å². The van der Waals surface area contributed by atoms with Crippen LogP contribution in [0.5, 0.6) is 17.2 Å². The van der Waals surface area contributed by atoms with Gasteiger partial charge < -0.3 is 20.1 Å². The van der Waals surface area contributed by atoms with E-state index in [-0.39, 0.29) is 27.5 Å². The molecule has 0 saturated carbocycles. The number of methoxy groups -OCH3 is 1. The lowest BCUT2D eigenvalue weighted by atomic mass is 10.1. The summed E-state index contributed by atoms with van der Waals surface area (Å²) in [5.41, 5.74) is -4.16. The molecule has 0 saturated heterocycles. The van der Waals surface area contributed by atoms with E-state index in [1.807, 2.05) is 0 Å². The number of aromatic hydroxyl groups is 2. The molecule has 3 rings (SSSR count). The minimum Gasteiger partial charge on any atom is -0.505 e. The van der Waals surface area contributed by atoms with Gasteiger partial charge in [0.25, 0.3) is 20.2 Å². The molecule has 0 spiro atoms. The van der Waals surface area contributed by atoms with Gasteiger partial charge in [-0.2, -0.15) is 25.3 Å². The number of azo groups is 2. The van der Waals surface area contributed by atoms with Crippen LogP contribution < -0.4 is 4.74 Å². The number of hydrogen-bond acceptors (Lipinski definition) is 17. The number of phenolic OH excluding ortho intramolecular Hbond substituents is 2. The lowest BCUT2D eigenvalue weighted by Crippen LogP contribution is -2.16. The number of rotatable bonds is 13. The highest BCUT2D eigenvalue weighted by atomic mass is 32.3. The Bertz CT molecular complexity index is 2360. The number of ether oxygens (including phenoxy) is 1. The van der Waals surface area contributed by atoms with Gasteiger partial charge >= 0.3 is 16.4 Å². The Balaban J connectivity index is 2.16. The summed E-state index contributed by atoms with van der Waals surface area (Å²) in [6.45, 7) is 1.46. The first-order valence-corrected chi connectivity index (χ1v) is 18.6. The van der Waals surface area contributed by atoms with E-state index in [1.165, 1.54) is 6.92 Å². The second-order valence-corrected chi connectivity index (χ2v) is 15.5. The van der Waals surface area contributed by atoms with Crippen molar-refractivity contribution in [3.63, 3.8) is 0 Å². The second-order valence-electron chi connectivity index (χ2n) is 9.59. The second kappa shape index (κ2) is 14.1. The average Bonchev–Trinajstić information content (AvgIpc) is 2.94. The van der Waals surface area contributed by atoms with Crippen molar-refractivity contribution in [2.75, 3.05) is 19.5 Å². The maximum Gasteiger partial charge on any atom is 0.397 e. The summed E-state index contributed by atoms with van der Waals surface area (Å²) in [7, 11) is -18.1. The lowest BCUT2D eigenvalue weighted by Gasteiger charge is -2.12. The summed E-state index contributed by atoms with van der Waals surface area (Å²) in [5.74, 6) is -5.19. The Labute approximate surface area is 277 Å². The number of aromatic carboxylic acids is 1. The minimum atomic E-state index is -5.10. The molecule has 3 aromatic rings. The van der Waals surface area contributed by atoms with Gasteiger partial charge in [-0.3, -0.25) is 13.7 Å². The van der Waals surface area contributed by atoms with E-state index in [0.29, 0.717) is 18.2 Å². The standard InChI is InChI=1S/C24H24N4O17S4/c1-11-6-14(17(44-3)10-18(11)46(33,34)5-4-45-49(41,42)43)25-27-21-13(24(31)32)8-16(29)22(23(21)30)28-26-15-9-19(47(35,36)37)12(2)7-20(15)48(38,39)40/h6-10,29-30H,4-5H2,1-3H3,(H,31,32)(H,35,36,37)(H,38,39,40)(H,41,42,43). The molecule has 6 N–H and O–H groups in total. The van der Waals surface area contributed by atoms with E-state index in [0.717, 1.165) is 26.2 Å². The van der Waals surface area contributed by atoms with Crippen LogP contribution in [0.25, 0.3) is 0 Å². The fourth-order valence-corrected chi connectivity index (χ4v) is 7.18. The summed E-state index contributed by atoms with van der Waals surface area (Å²) in [6.07, 6.45) is 0. The molecule has 0 amide bonds. The Hall–Kier alpha value is -4.63. The highest BCUT2D eigenvalue weighted by Crippen LogP contribution is 2.47. The van der Waals surface area contributed by atoms with Crippen LogP contribution >= 0.6 is 0 Å². The molecule has 21 nitrogen and oxygen atoms in total. The van der Waals surface area contributed by atoms with Crippen molar-refractivity contribution < 1.29 is 76.4 Å². The van der Waals surface area contributed by atoms with Crippen LogP contribution in [0.3, 0.4) is 0 Å². The number of sulfone groups is 1. The maximum absolute atomic E-state index is 12.8. The van der Waals surface area contributed by atoms with Gasteiger partial charge in [0.1, 0.15) is 33.5 Å². The van der Waals surface area contributed by atoms with Crippen LogP contribution in [0.15, 0.2) is 65.5 Å². The van der Waals surface area contributed by atoms with Gasteiger partial charge in [-0.05, 0) is 49.2 Å². The largest absolute Gasteiger partial charge is 0.505 e. The number of benzene rings is 3. The fraction of sp³-hybridized carbons (Fsp3) is 0.208. The summed E-state index contributed by atoms with van der Waals surface area (Å²) >= 11 is 0. The van der Waals surface area contributed by atoms with Crippen LogP contribution in [-0.4, -0.2) is 88.1 Å². The van der Waals surface area contributed by atoms with Gasteiger partial charge in [-0.1, -0.05) is 0 Å². The van der Waals surface area contributed by atoms with E-state index in [2.05, 4.69) is 24.6 Å². The predicted octanol–water partition coefficient (Wildman–Crippen LogP) is 3.34. The molecule has 266 valence electrons. The molecule has 0 aliphatic carbocycles. The van der Waals surface area contributed by atoms with Gasteiger partial charge in [0, 0.05) is 6.07 Å². The molecule has 0 aromatic heterocycles.